The van der Waals surface area contributed by atoms with Crippen molar-refractivity contribution in [1.29, 1.82) is 0 Å². The summed E-state index contributed by atoms with van der Waals surface area (Å²) in [5.41, 5.74) is 5.64. The van der Waals surface area contributed by atoms with Gasteiger partial charge in [-0.25, -0.2) is 4.98 Å². The van der Waals surface area contributed by atoms with E-state index in [2.05, 4.69) is 42.7 Å². The van der Waals surface area contributed by atoms with Crippen LogP contribution in [0.25, 0.3) is 16.7 Å². The Bertz CT molecular complexity index is 1100. The molecule has 0 radical (unpaired) electrons. The number of imidazole rings is 1. The lowest BCUT2D eigenvalue weighted by atomic mass is 9.48. The summed E-state index contributed by atoms with van der Waals surface area (Å²) in [5, 5.41) is 10.2. The van der Waals surface area contributed by atoms with Gasteiger partial charge in [-0.05, 0) is 80.2 Å². The normalized spacial score (nSPS) is 39.4. The number of allylic oxidation sites excluding steroid dienone is 3. The molecule has 2 aromatic rings. The molecular weight excluding hydrogens is 384 g/mol. The van der Waals surface area contributed by atoms with Crippen LogP contribution in [-0.4, -0.2) is 27.9 Å². The number of aliphatic hydroxyl groups excluding tert-OH is 1. The molecule has 4 aliphatic carbocycles. The van der Waals surface area contributed by atoms with Crippen LogP contribution >= 0.6 is 0 Å². The first-order chi connectivity index (χ1) is 14.9. The first-order valence-electron chi connectivity index (χ1n) is 12.0. The molecular formula is C27H34N2O2. The maximum absolute atomic E-state index is 10.2. The van der Waals surface area contributed by atoms with Gasteiger partial charge in [0, 0.05) is 17.2 Å². The van der Waals surface area contributed by atoms with Gasteiger partial charge in [0.2, 0.25) is 0 Å². The van der Waals surface area contributed by atoms with E-state index in [4.69, 9.17) is 9.72 Å². The molecule has 1 aromatic carbocycles. The Labute approximate surface area is 185 Å². The number of fused-ring (bicyclic) bond motifs is 6. The SMILES string of the molecule is COc1ccc2ncn(C3=CCC4C5CC=C6C[C@@H](O)CC[C@]6(C)C5CC[C@]34C)c2c1. The highest BCUT2D eigenvalue weighted by molar-refractivity contribution is 5.81. The average molecular weight is 419 g/mol. The average Bonchev–Trinajstić information content (AvgIpc) is 3.33. The molecule has 3 unspecified atom stereocenters. The molecule has 0 aliphatic heterocycles. The highest BCUT2D eigenvalue weighted by atomic mass is 16.5. The van der Waals surface area contributed by atoms with Gasteiger partial charge in [0.25, 0.3) is 0 Å². The topological polar surface area (TPSA) is 47.3 Å². The molecule has 31 heavy (non-hydrogen) atoms. The third-order valence-electron chi connectivity index (χ3n) is 9.63. The van der Waals surface area contributed by atoms with Crippen molar-refractivity contribution in [3.8, 4) is 5.75 Å². The maximum atomic E-state index is 10.2. The van der Waals surface area contributed by atoms with Crippen LogP contribution in [0.1, 0.15) is 58.8 Å². The van der Waals surface area contributed by atoms with E-state index in [1.54, 1.807) is 12.7 Å². The Morgan fingerprint density at radius 1 is 1.06 bits per heavy atom. The number of ether oxygens (including phenoxy) is 1. The standard InChI is InChI=1S/C27H34N2O2/c1-26-12-10-18(30)14-17(26)4-6-20-21-7-9-25(27(21,2)13-11-22(20)26)29-16-28-23-8-5-19(31-3)15-24(23)29/h4-5,8-9,15-16,18,20-22,30H,6-7,10-14H2,1-3H3/t18-,20?,21?,22?,26-,27-/m0/s1. The zero-order valence-corrected chi connectivity index (χ0v) is 19.0. The van der Waals surface area contributed by atoms with Crippen molar-refractivity contribution >= 4 is 16.7 Å². The van der Waals surface area contributed by atoms with Crippen LogP contribution in [0.15, 0.2) is 42.3 Å². The van der Waals surface area contributed by atoms with Crippen molar-refractivity contribution in [2.45, 2.75) is 64.9 Å². The van der Waals surface area contributed by atoms with Crippen LogP contribution < -0.4 is 4.74 Å². The van der Waals surface area contributed by atoms with E-state index < -0.39 is 0 Å². The fourth-order valence-corrected chi connectivity index (χ4v) is 7.87. The Kier molecular flexibility index (Phi) is 4.25. The molecule has 1 heterocycles. The minimum Gasteiger partial charge on any atom is -0.497 e. The monoisotopic (exact) mass is 418 g/mol. The highest BCUT2D eigenvalue weighted by Crippen LogP contribution is 2.65. The minimum atomic E-state index is -0.129. The molecule has 4 heteroatoms. The largest absolute Gasteiger partial charge is 0.497 e. The summed E-state index contributed by atoms with van der Waals surface area (Å²) in [5.74, 6) is 3.06. The highest BCUT2D eigenvalue weighted by Gasteiger charge is 2.57. The number of nitrogens with zero attached hydrogens (tertiary/aromatic N) is 2. The van der Waals surface area contributed by atoms with Gasteiger partial charge >= 0.3 is 0 Å². The maximum Gasteiger partial charge on any atom is 0.121 e. The lowest BCUT2D eigenvalue weighted by Crippen LogP contribution is -2.50. The summed E-state index contributed by atoms with van der Waals surface area (Å²) >= 11 is 0. The van der Waals surface area contributed by atoms with Crippen molar-refractivity contribution in [3.05, 3.63) is 42.3 Å². The molecule has 4 aliphatic rings. The van der Waals surface area contributed by atoms with Crippen molar-refractivity contribution in [3.63, 3.8) is 0 Å². The van der Waals surface area contributed by atoms with Gasteiger partial charge in [0.15, 0.2) is 0 Å². The van der Waals surface area contributed by atoms with Gasteiger partial charge in [-0.2, -0.15) is 0 Å². The molecule has 2 saturated carbocycles. The Morgan fingerprint density at radius 2 is 1.90 bits per heavy atom. The Balaban J connectivity index is 1.36. The van der Waals surface area contributed by atoms with E-state index in [-0.39, 0.29) is 11.5 Å². The molecule has 1 aromatic heterocycles. The van der Waals surface area contributed by atoms with E-state index in [9.17, 15) is 5.11 Å². The molecule has 6 atom stereocenters. The predicted molar refractivity (Wildman–Crippen MR) is 124 cm³/mol. The molecule has 0 bridgehead atoms. The number of aromatic nitrogens is 2. The van der Waals surface area contributed by atoms with Gasteiger partial charge < -0.3 is 14.4 Å². The fourth-order valence-electron chi connectivity index (χ4n) is 7.87. The van der Waals surface area contributed by atoms with Crippen LogP contribution in [-0.2, 0) is 0 Å². The van der Waals surface area contributed by atoms with Gasteiger partial charge in [0.1, 0.15) is 12.1 Å². The lowest BCUT2D eigenvalue weighted by Gasteiger charge is -2.57. The number of hydrogen-bond acceptors (Lipinski definition) is 3. The Hall–Kier alpha value is -2.07. The second kappa shape index (κ2) is 6.71. The first-order valence-corrected chi connectivity index (χ1v) is 12.0. The number of benzene rings is 1. The number of rotatable bonds is 2. The summed E-state index contributed by atoms with van der Waals surface area (Å²) < 4.78 is 7.83. The third kappa shape index (κ3) is 2.67. The molecule has 164 valence electrons. The van der Waals surface area contributed by atoms with Crippen LogP contribution in [0, 0.1) is 28.6 Å². The van der Waals surface area contributed by atoms with E-state index >= 15 is 0 Å². The van der Waals surface area contributed by atoms with Crippen molar-refractivity contribution in [1.82, 2.24) is 9.55 Å². The summed E-state index contributed by atoms with van der Waals surface area (Å²) in [6.07, 6.45) is 14.8. The number of aliphatic hydroxyl groups is 1. The molecule has 0 spiro atoms. The zero-order chi connectivity index (χ0) is 21.4. The third-order valence-corrected chi connectivity index (χ3v) is 9.63. The van der Waals surface area contributed by atoms with Crippen LogP contribution in [0.3, 0.4) is 0 Å². The van der Waals surface area contributed by atoms with Gasteiger partial charge in [0.05, 0.1) is 24.2 Å². The Morgan fingerprint density at radius 3 is 2.74 bits per heavy atom. The van der Waals surface area contributed by atoms with Gasteiger partial charge in [-0.3, -0.25) is 0 Å². The molecule has 4 nitrogen and oxygen atoms in total. The van der Waals surface area contributed by atoms with Crippen molar-refractivity contribution in [2.24, 2.45) is 28.6 Å². The second-order valence-electron chi connectivity index (χ2n) is 10.9. The minimum absolute atomic E-state index is 0.129. The van der Waals surface area contributed by atoms with Gasteiger partial charge in [-0.15, -0.1) is 0 Å². The first kappa shape index (κ1) is 19.6. The summed E-state index contributed by atoms with van der Waals surface area (Å²) in [4.78, 5) is 4.69. The smallest absolute Gasteiger partial charge is 0.121 e. The summed E-state index contributed by atoms with van der Waals surface area (Å²) in [7, 11) is 1.73. The van der Waals surface area contributed by atoms with E-state index in [1.807, 2.05) is 12.4 Å². The zero-order valence-electron chi connectivity index (χ0n) is 19.0. The molecule has 6 rings (SSSR count). The van der Waals surface area contributed by atoms with E-state index in [1.165, 1.54) is 31.4 Å². The number of methoxy groups -OCH3 is 1. The van der Waals surface area contributed by atoms with Crippen molar-refractivity contribution < 1.29 is 9.84 Å². The van der Waals surface area contributed by atoms with Crippen LogP contribution in [0.4, 0.5) is 0 Å². The van der Waals surface area contributed by atoms with Gasteiger partial charge in [-0.1, -0.05) is 31.6 Å². The van der Waals surface area contributed by atoms with Crippen LogP contribution in [0.5, 0.6) is 5.75 Å². The quantitative estimate of drug-likeness (QED) is 0.625. The van der Waals surface area contributed by atoms with Crippen LogP contribution in [0.2, 0.25) is 0 Å². The summed E-state index contributed by atoms with van der Waals surface area (Å²) in [6.45, 7) is 5.01. The van der Waals surface area contributed by atoms with Crippen molar-refractivity contribution in [2.75, 3.05) is 7.11 Å². The van der Waals surface area contributed by atoms with E-state index in [0.717, 1.165) is 47.9 Å². The molecule has 0 amide bonds. The molecule has 2 fully saturated rings. The van der Waals surface area contributed by atoms with E-state index in [0.29, 0.717) is 11.3 Å². The predicted octanol–water partition coefficient (Wildman–Crippen LogP) is 5.82. The molecule has 1 N–H and O–H groups in total. The molecule has 0 saturated heterocycles. The second-order valence-corrected chi connectivity index (χ2v) is 10.9. The summed E-state index contributed by atoms with van der Waals surface area (Å²) in [6, 6.07) is 6.17. The lowest BCUT2D eigenvalue weighted by molar-refractivity contribution is -0.0249. The number of hydrogen-bond donors (Lipinski definition) is 1. The fraction of sp³-hybridized carbons (Fsp3) is 0.593.